The number of pyridine rings is 1. The molecule has 0 aliphatic heterocycles. The molecule has 1 rings (SSSR count). The van der Waals surface area contributed by atoms with Gasteiger partial charge in [-0.15, -0.1) is 0 Å². The van der Waals surface area contributed by atoms with Gasteiger partial charge in [-0.3, -0.25) is 0 Å². The number of nitrogens with one attached hydrogen (secondary N) is 1. The molecule has 4 nitrogen and oxygen atoms in total. The highest BCUT2D eigenvalue weighted by molar-refractivity contribution is 9.10. The SMILES string of the molecule is CNCc1cc(Br)cnc1OCCOC. The lowest BCUT2D eigenvalue weighted by atomic mass is 10.3. The normalized spacial score (nSPS) is 10.3. The number of nitrogens with zero attached hydrogens (tertiary/aromatic N) is 1. The molecule has 0 saturated carbocycles. The number of hydrogen-bond acceptors (Lipinski definition) is 4. The molecule has 0 amide bonds. The zero-order valence-electron chi connectivity index (χ0n) is 8.92. The van der Waals surface area contributed by atoms with Crippen LogP contribution in [0.1, 0.15) is 5.56 Å². The van der Waals surface area contributed by atoms with Crippen LogP contribution in [0.15, 0.2) is 16.7 Å². The van der Waals surface area contributed by atoms with Gasteiger partial charge in [-0.2, -0.15) is 0 Å². The van der Waals surface area contributed by atoms with Crippen molar-refractivity contribution in [2.45, 2.75) is 6.54 Å². The van der Waals surface area contributed by atoms with Crippen molar-refractivity contribution in [1.29, 1.82) is 0 Å². The highest BCUT2D eigenvalue weighted by Gasteiger charge is 2.05. The molecule has 5 heteroatoms. The Labute approximate surface area is 98.1 Å². The first-order valence-corrected chi connectivity index (χ1v) is 5.48. The average molecular weight is 275 g/mol. The van der Waals surface area contributed by atoms with Gasteiger partial charge in [0.25, 0.3) is 0 Å². The third kappa shape index (κ3) is 4.15. The van der Waals surface area contributed by atoms with Gasteiger partial charge < -0.3 is 14.8 Å². The number of rotatable bonds is 6. The van der Waals surface area contributed by atoms with Crippen LogP contribution in [0.25, 0.3) is 0 Å². The zero-order valence-corrected chi connectivity index (χ0v) is 10.5. The Balaban J connectivity index is 2.67. The first-order chi connectivity index (χ1) is 7.27. The standard InChI is InChI=1S/C10H15BrN2O2/c1-12-6-8-5-9(11)7-13-10(8)15-4-3-14-2/h5,7,12H,3-4,6H2,1-2H3. The molecule has 15 heavy (non-hydrogen) atoms. The summed E-state index contributed by atoms with van der Waals surface area (Å²) in [5.74, 6) is 0.657. The monoisotopic (exact) mass is 274 g/mol. The molecule has 0 saturated heterocycles. The summed E-state index contributed by atoms with van der Waals surface area (Å²) in [5.41, 5.74) is 1.03. The summed E-state index contributed by atoms with van der Waals surface area (Å²) in [6.07, 6.45) is 1.72. The Morgan fingerprint density at radius 3 is 2.93 bits per heavy atom. The highest BCUT2D eigenvalue weighted by Crippen LogP contribution is 2.19. The first kappa shape index (κ1) is 12.4. The molecule has 1 heterocycles. The van der Waals surface area contributed by atoms with E-state index in [4.69, 9.17) is 9.47 Å². The van der Waals surface area contributed by atoms with Crippen molar-refractivity contribution in [3.05, 3.63) is 22.3 Å². The molecule has 0 aliphatic rings. The van der Waals surface area contributed by atoms with E-state index in [1.165, 1.54) is 0 Å². The molecule has 0 aliphatic carbocycles. The second kappa shape index (κ2) is 6.76. The summed E-state index contributed by atoms with van der Waals surface area (Å²) in [6, 6.07) is 1.99. The molecular weight excluding hydrogens is 260 g/mol. The molecule has 0 spiro atoms. The number of aromatic nitrogens is 1. The van der Waals surface area contributed by atoms with Gasteiger partial charge in [0.1, 0.15) is 6.61 Å². The predicted octanol–water partition coefficient (Wildman–Crippen LogP) is 1.59. The third-order valence-electron chi connectivity index (χ3n) is 1.79. The van der Waals surface area contributed by atoms with Crippen LogP contribution in [0.5, 0.6) is 5.88 Å². The molecular formula is C10H15BrN2O2. The van der Waals surface area contributed by atoms with E-state index in [1.54, 1.807) is 13.3 Å². The summed E-state index contributed by atoms with van der Waals surface area (Å²) in [5, 5.41) is 3.07. The van der Waals surface area contributed by atoms with E-state index in [2.05, 4.69) is 26.2 Å². The minimum atomic E-state index is 0.516. The first-order valence-electron chi connectivity index (χ1n) is 4.68. The molecule has 1 N–H and O–H groups in total. The van der Waals surface area contributed by atoms with Gasteiger partial charge in [-0.1, -0.05) is 0 Å². The maximum Gasteiger partial charge on any atom is 0.217 e. The van der Waals surface area contributed by atoms with Crippen LogP contribution in [-0.2, 0) is 11.3 Å². The van der Waals surface area contributed by atoms with Crippen molar-refractivity contribution in [3.8, 4) is 5.88 Å². The van der Waals surface area contributed by atoms with Crippen molar-refractivity contribution in [2.75, 3.05) is 27.4 Å². The molecule has 84 valence electrons. The predicted molar refractivity (Wildman–Crippen MR) is 62.1 cm³/mol. The van der Waals surface area contributed by atoms with Crippen LogP contribution in [0, 0.1) is 0 Å². The smallest absolute Gasteiger partial charge is 0.217 e. The van der Waals surface area contributed by atoms with Gasteiger partial charge in [0.05, 0.1) is 6.61 Å². The van der Waals surface area contributed by atoms with Crippen molar-refractivity contribution in [1.82, 2.24) is 10.3 Å². The van der Waals surface area contributed by atoms with Gasteiger partial charge in [0.2, 0.25) is 5.88 Å². The van der Waals surface area contributed by atoms with Crippen LogP contribution in [-0.4, -0.2) is 32.4 Å². The molecule has 0 atom stereocenters. The van der Waals surface area contributed by atoms with Gasteiger partial charge in [0.15, 0.2) is 0 Å². The van der Waals surface area contributed by atoms with E-state index < -0.39 is 0 Å². The Hall–Kier alpha value is -0.650. The molecule has 0 radical (unpaired) electrons. The fourth-order valence-corrected chi connectivity index (χ4v) is 1.52. The molecule has 0 bridgehead atoms. The summed E-state index contributed by atoms with van der Waals surface area (Å²) in [6.45, 7) is 1.81. The Bertz CT molecular complexity index is 307. The Kier molecular flexibility index (Phi) is 5.60. The quantitative estimate of drug-likeness (QED) is 0.801. The zero-order chi connectivity index (χ0) is 11.1. The molecule has 0 fully saturated rings. The fraction of sp³-hybridized carbons (Fsp3) is 0.500. The topological polar surface area (TPSA) is 43.4 Å². The summed E-state index contributed by atoms with van der Waals surface area (Å²) < 4.78 is 11.3. The van der Waals surface area contributed by atoms with E-state index in [0.29, 0.717) is 19.1 Å². The van der Waals surface area contributed by atoms with Crippen LogP contribution in [0.2, 0.25) is 0 Å². The van der Waals surface area contributed by atoms with Crippen molar-refractivity contribution in [3.63, 3.8) is 0 Å². The number of methoxy groups -OCH3 is 1. The van der Waals surface area contributed by atoms with Crippen LogP contribution < -0.4 is 10.1 Å². The van der Waals surface area contributed by atoms with E-state index in [0.717, 1.165) is 16.6 Å². The lowest BCUT2D eigenvalue weighted by Crippen LogP contribution is -2.11. The molecule has 0 unspecified atom stereocenters. The second-order valence-corrected chi connectivity index (χ2v) is 3.91. The summed E-state index contributed by atoms with van der Waals surface area (Å²) in [4.78, 5) is 4.20. The van der Waals surface area contributed by atoms with Gasteiger partial charge in [-0.05, 0) is 29.0 Å². The third-order valence-corrected chi connectivity index (χ3v) is 2.22. The minimum Gasteiger partial charge on any atom is -0.475 e. The molecule has 1 aromatic heterocycles. The minimum absolute atomic E-state index is 0.516. The van der Waals surface area contributed by atoms with Crippen LogP contribution >= 0.6 is 15.9 Å². The summed E-state index contributed by atoms with van der Waals surface area (Å²) in [7, 11) is 3.53. The summed E-state index contributed by atoms with van der Waals surface area (Å²) >= 11 is 3.38. The lowest BCUT2D eigenvalue weighted by molar-refractivity contribution is 0.143. The fourth-order valence-electron chi connectivity index (χ4n) is 1.14. The highest BCUT2D eigenvalue weighted by atomic mass is 79.9. The van der Waals surface area contributed by atoms with Crippen molar-refractivity contribution in [2.24, 2.45) is 0 Å². The van der Waals surface area contributed by atoms with Crippen molar-refractivity contribution < 1.29 is 9.47 Å². The maximum atomic E-state index is 5.49. The maximum absolute atomic E-state index is 5.49. The molecule has 0 aromatic carbocycles. The van der Waals surface area contributed by atoms with Crippen LogP contribution in [0.3, 0.4) is 0 Å². The van der Waals surface area contributed by atoms with Crippen LogP contribution in [0.4, 0.5) is 0 Å². The Morgan fingerprint density at radius 2 is 2.27 bits per heavy atom. The van der Waals surface area contributed by atoms with Crippen molar-refractivity contribution >= 4 is 15.9 Å². The van der Waals surface area contributed by atoms with E-state index in [9.17, 15) is 0 Å². The van der Waals surface area contributed by atoms with E-state index >= 15 is 0 Å². The lowest BCUT2D eigenvalue weighted by Gasteiger charge is -2.09. The van der Waals surface area contributed by atoms with Gasteiger partial charge >= 0.3 is 0 Å². The number of hydrogen-bond donors (Lipinski definition) is 1. The second-order valence-electron chi connectivity index (χ2n) is 2.99. The largest absolute Gasteiger partial charge is 0.475 e. The van der Waals surface area contributed by atoms with E-state index in [1.807, 2.05) is 13.1 Å². The Morgan fingerprint density at radius 1 is 1.47 bits per heavy atom. The van der Waals surface area contributed by atoms with Gasteiger partial charge in [-0.25, -0.2) is 4.98 Å². The van der Waals surface area contributed by atoms with E-state index in [-0.39, 0.29) is 0 Å². The number of halogens is 1. The molecule has 1 aromatic rings. The average Bonchev–Trinajstić information content (AvgIpc) is 2.22. The van der Waals surface area contributed by atoms with Gasteiger partial charge in [0, 0.05) is 29.9 Å². The number of ether oxygens (including phenoxy) is 2.